The molecule has 35 heavy (non-hydrogen) atoms. The number of ether oxygens (including phenoxy) is 3. The van der Waals surface area contributed by atoms with E-state index >= 15 is 4.39 Å². The molecule has 8 heteroatoms. The van der Waals surface area contributed by atoms with Gasteiger partial charge in [-0.05, 0) is 29.8 Å². The molecule has 0 spiro atoms. The second-order valence-corrected chi connectivity index (χ2v) is 8.02. The van der Waals surface area contributed by atoms with E-state index in [4.69, 9.17) is 24.4 Å². The molecule has 0 amide bonds. The van der Waals surface area contributed by atoms with Crippen molar-refractivity contribution in [1.29, 1.82) is 0 Å². The molecule has 182 valence electrons. The highest BCUT2D eigenvalue weighted by Crippen LogP contribution is 2.36. The molecule has 1 heterocycles. The maximum atomic E-state index is 15.2. The zero-order valence-corrected chi connectivity index (χ0v) is 19.5. The molecule has 0 bridgehead atoms. The van der Waals surface area contributed by atoms with Crippen LogP contribution in [0.4, 0.5) is 4.39 Å². The van der Waals surface area contributed by atoms with Crippen molar-refractivity contribution >= 4 is 16.9 Å². The van der Waals surface area contributed by atoms with Crippen molar-refractivity contribution in [1.82, 2.24) is 0 Å². The van der Waals surface area contributed by atoms with E-state index in [9.17, 15) is 9.90 Å². The van der Waals surface area contributed by atoms with Crippen LogP contribution in [0.2, 0.25) is 0 Å². The number of aliphatic carboxylic acids is 1. The van der Waals surface area contributed by atoms with Gasteiger partial charge in [-0.3, -0.25) is 4.79 Å². The summed E-state index contributed by atoms with van der Waals surface area (Å²) in [4.78, 5) is 11.3. The third-order valence-corrected chi connectivity index (χ3v) is 5.61. The lowest BCUT2D eigenvalue weighted by Crippen LogP contribution is -2.05. The van der Waals surface area contributed by atoms with Crippen molar-refractivity contribution in [2.75, 3.05) is 14.2 Å². The maximum Gasteiger partial charge on any atom is 0.307 e. The van der Waals surface area contributed by atoms with Crippen LogP contribution in [0.3, 0.4) is 0 Å². The van der Waals surface area contributed by atoms with Gasteiger partial charge in [0.1, 0.15) is 41.9 Å². The van der Waals surface area contributed by atoms with Crippen LogP contribution >= 0.6 is 0 Å². The van der Waals surface area contributed by atoms with E-state index in [2.05, 4.69) is 0 Å². The molecule has 0 fully saturated rings. The first-order valence-electron chi connectivity index (χ1n) is 11.0. The molecule has 0 saturated heterocycles. The zero-order valence-electron chi connectivity index (χ0n) is 19.5. The molecule has 0 unspecified atom stereocenters. The Bertz CT molecular complexity index is 1360. The number of hydrogen-bond acceptors (Lipinski definition) is 6. The number of hydrogen-bond donors (Lipinski definition) is 2. The number of fused-ring (bicyclic) bond motifs is 1. The minimum absolute atomic E-state index is 0.0703. The molecule has 3 aromatic carbocycles. The van der Waals surface area contributed by atoms with Gasteiger partial charge in [-0.15, -0.1) is 0 Å². The maximum absolute atomic E-state index is 15.2. The smallest absolute Gasteiger partial charge is 0.307 e. The lowest BCUT2D eigenvalue weighted by atomic mass is 9.98. The van der Waals surface area contributed by atoms with Gasteiger partial charge in [0.2, 0.25) is 0 Å². The second kappa shape index (κ2) is 10.6. The van der Waals surface area contributed by atoms with E-state index in [-0.39, 0.29) is 26.2 Å². The fourth-order valence-corrected chi connectivity index (χ4v) is 3.98. The minimum atomic E-state index is -0.969. The topological polar surface area (TPSA) is 104 Å². The van der Waals surface area contributed by atoms with E-state index < -0.39 is 11.8 Å². The quantitative estimate of drug-likeness (QED) is 0.328. The summed E-state index contributed by atoms with van der Waals surface area (Å²) < 4.78 is 37.7. The molecule has 0 aliphatic heterocycles. The van der Waals surface area contributed by atoms with Gasteiger partial charge in [0.05, 0.1) is 13.5 Å². The van der Waals surface area contributed by atoms with Gasteiger partial charge in [-0.2, -0.15) is 0 Å². The van der Waals surface area contributed by atoms with Gasteiger partial charge < -0.3 is 29.5 Å². The van der Waals surface area contributed by atoms with E-state index in [1.54, 1.807) is 49.6 Å². The molecule has 1 aromatic heterocycles. The largest absolute Gasteiger partial charge is 0.497 e. The summed E-state index contributed by atoms with van der Waals surface area (Å²) >= 11 is 0. The van der Waals surface area contributed by atoms with Crippen LogP contribution < -0.4 is 15.2 Å². The lowest BCUT2D eigenvalue weighted by Gasteiger charge is -2.14. The molecule has 7 nitrogen and oxygen atoms in total. The summed E-state index contributed by atoms with van der Waals surface area (Å²) in [7, 11) is 3.09. The third-order valence-electron chi connectivity index (χ3n) is 5.61. The number of rotatable bonds is 10. The molecule has 0 radical (unpaired) electrons. The Balaban J connectivity index is 1.76. The number of carboxylic acids is 1. The van der Waals surface area contributed by atoms with E-state index in [1.165, 1.54) is 7.11 Å². The summed E-state index contributed by atoms with van der Waals surface area (Å²) in [5.41, 5.74) is 8.84. The number of methoxy groups -OCH3 is 2. The molecule has 0 aliphatic carbocycles. The second-order valence-electron chi connectivity index (χ2n) is 8.02. The monoisotopic (exact) mass is 479 g/mol. The van der Waals surface area contributed by atoms with Crippen LogP contribution in [0.5, 0.6) is 11.5 Å². The van der Waals surface area contributed by atoms with Crippen LogP contribution in [-0.4, -0.2) is 25.3 Å². The SMILES string of the molecule is COCc1cc2cc(COc3cc(OC)ccc3CC(=O)O)cc(-c3cccc(CN)c3F)c2o1. The number of furan rings is 1. The predicted molar refractivity (Wildman–Crippen MR) is 129 cm³/mol. The fourth-order valence-electron chi connectivity index (χ4n) is 3.98. The average Bonchev–Trinajstić information content (AvgIpc) is 3.25. The van der Waals surface area contributed by atoms with E-state index in [0.29, 0.717) is 45.1 Å². The first kappa shape index (κ1) is 24.3. The van der Waals surface area contributed by atoms with Crippen LogP contribution in [0, 0.1) is 5.82 Å². The first-order valence-corrected chi connectivity index (χ1v) is 11.0. The van der Waals surface area contributed by atoms with Gasteiger partial charge in [0.25, 0.3) is 0 Å². The Labute approximate surface area is 201 Å². The summed E-state index contributed by atoms with van der Waals surface area (Å²) in [6.07, 6.45) is -0.192. The molecule has 0 atom stereocenters. The minimum Gasteiger partial charge on any atom is -0.497 e. The first-order chi connectivity index (χ1) is 16.9. The molecule has 4 rings (SSSR count). The summed E-state index contributed by atoms with van der Waals surface area (Å²) in [5, 5.41) is 10.0. The molecule has 3 N–H and O–H groups in total. The number of halogens is 1. The molecule has 0 saturated carbocycles. The van der Waals surface area contributed by atoms with Crippen molar-refractivity contribution in [3.8, 4) is 22.6 Å². The average molecular weight is 480 g/mol. The molecular formula is C27H26FNO6. The molecule has 4 aromatic rings. The van der Waals surface area contributed by atoms with Crippen LogP contribution in [0.25, 0.3) is 22.1 Å². The molecular weight excluding hydrogens is 453 g/mol. The Morgan fingerprint density at radius 3 is 2.57 bits per heavy atom. The zero-order chi connectivity index (χ0) is 24.9. The lowest BCUT2D eigenvalue weighted by molar-refractivity contribution is -0.136. The predicted octanol–water partition coefficient (Wildman–Crippen LogP) is 5.06. The normalized spacial score (nSPS) is 11.1. The highest BCUT2D eigenvalue weighted by Gasteiger charge is 2.18. The van der Waals surface area contributed by atoms with Crippen LogP contribution in [0.15, 0.2) is 59.0 Å². The van der Waals surface area contributed by atoms with Crippen molar-refractivity contribution in [3.05, 3.63) is 82.9 Å². The summed E-state index contributed by atoms with van der Waals surface area (Å²) in [5.74, 6) is 0.175. The standard InChI is InChI=1S/C27H26FNO6/c1-32-15-21-10-19-8-16(14-34-24-12-20(33-2)7-6-17(24)11-25(30)31)9-23(27(19)35-21)22-5-3-4-18(13-29)26(22)28/h3-10,12H,11,13-15,29H2,1-2H3,(H,30,31). The van der Waals surface area contributed by atoms with Crippen molar-refractivity contribution in [2.45, 2.75) is 26.2 Å². The van der Waals surface area contributed by atoms with Crippen LogP contribution in [0.1, 0.15) is 22.5 Å². The fraction of sp³-hybridized carbons (Fsp3) is 0.222. The third kappa shape index (κ3) is 5.29. The van der Waals surface area contributed by atoms with E-state index in [1.807, 2.05) is 12.1 Å². The number of carboxylic acid groups (broad SMARTS) is 1. The Morgan fingerprint density at radius 1 is 1.03 bits per heavy atom. The van der Waals surface area contributed by atoms with Crippen molar-refractivity contribution in [2.24, 2.45) is 5.73 Å². The van der Waals surface area contributed by atoms with Crippen LogP contribution in [-0.2, 0) is 35.7 Å². The van der Waals surface area contributed by atoms with Gasteiger partial charge in [-0.25, -0.2) is 4.39 Å². The van der Waals surface area contributed by atoms with Gasteiger partial charge >= 0.3 is 5.97 Å². The number of nitrogens with two attached hydrogens (primary N) is 1. The highest BCUT2D eigenvalue weighted by atomic mass is 19.1. The number of carbonyl (C=O) groups is 1. The van der Waals surface area contributed by atoms with Gasteiger partial charge in [-0.1, -0.05) is 24.3 Å². The Kier molecular flexibility index (Phi) is 7.33. The summed E-state index contributed by atoms with van der Waals surface area (Å²) in [6.45, 7) is 0.459. The highest BCUT2D eigenvalue weighted by molar-refractivity contribution is 5.94. The van der Waals surface area contributed by atoms with Gasteiger partial charge in [0, 0.05) is 47.4 Å². The molecule has 0 aliphatic rings. The Hall–Kier alpha value is -3.88. The summed E-state index contributed by atoms with van der Waals surface area (Å²) in [6, 6.07) is 15.6. The van der Waals surface area contributed by atoms with E-state index in [0.717, 1.165) is 10.9 Å². The number of benzene rings is 3. The van der Waals surface area contributed by atoms with Crippen molar-refractivity contribution < 1.29 is 32.9 Å². The van der Waals surface area contributed by atoms with Crippen molar-refractivity contribution in [3.63, 3.8) is 0 Å². The van der Waals surface area contributed by atoms with Gasteiger partial charge in [0.15, 0.2) is 0 Å². The Morgan fingerprint density at radius 2 is 1.86 bits per heavy atom.